The van der Waals surface area contributed by atoms with Crippen LogP contribution in [0, 0.1) is 41.0 Å². The van der Waals surface area contributed by atoms with Gasteiger partial charge in [0.2, 0.25) is 0 Å². The van der Waals surface area contributed by atoms with Crippen molar-refractivity contribution in [1.29, 1.82) is 0 Å². The number of aryl methyl sites for hydroxylation is 4. The topological polar surface area (TPSA) is 24.7 Å². The zero-order chi connectivity index (χ0) is 29.6. The van der Waals surface area contributed by atoms with Crippen molar-refractivity contribution in [1.82, 2.24) is 0 Å². The van der Waals surface area contributed by atoms with Crippen molar-refractivity contribution in [3.05, 3.63) is 66.1 Å². The molecule has 0 atom stereocenters. The van der Waals surface area contributed by atoms with Crippen LogP contribution in [0.15, 0.2) is 46.4 Å². The van der Waals surface area contributed by atoms with Crippen LogP contribution in [0.2, 0.25) is 0 Å². The summed E-state index contributed by atoms with van der Waals surface area (Å²) in [6.07, 6.45) is 10.6. The predicted molar refractivity (Wildman–Crippen MR) is 180 cm³/mol. The first-order chi connectivity index (χ1) is 18.2. The van der Waals surface area contributed by atoms with Crippen LogP contribution in [0.25, 0.3) is 0 Å². The Bertz CT molecular complexity index is 1030. The molecule has 0 unspecified atom stereocenters. The Labute approximate surface area is 279 Å². The molecule has 3 rings (SSSR count). The van der Waals surface area contributed by atoms with Crippen molar-refractivity contribution < 1.29 is 27.0 Å². The number of hydrogen-bond acceptors (Lipinski definition) is 2. The van der Waals surface area contributed by atoms with Crippen LogP contribution in [-0.4, -0.2) is 11.4 Å². The van der Waals surface area contributed by atoms with Gasteiger partial charge in [-0.2, -0.15) is 0 Å². The van der Waals surface area contributed by atoms with Crippen LogP contribution in [0.1, 0.15) is 80.5 Å². The number of benzene rings is 2. The van der Waals surface area contributed by atoms with E-state index in [1.54, 1.807) is 0 Å². The quantitative estimate of drug-likeness (QED) is 0.111. The molecule has 2 nitrogen and oxygen atoms in total. The molecule has 0 aliphatic heterocycles. The van der Waals surface area contributed by atoms with Crippen LogP contribution in [0.4, 0.5) is 11.4 Å². The van der Waals surface area contributed by atoms with Gasteiger partial charge < -0.3 is 7.43 Å². The Morgan fingerprint density at radius 2 is 1.15 bits per heavy atom. The van der Waals surface area contributed by atoms with Gasteiger partial charge in [-0.15, -0.1) is 0 Å². The van der Waals surface area contributed by atoms with Crippen LogP contribution in [-0.2, 0) is 27.0 Å². The summed E-state index contributed by atoms with van der Waals surface area (Å²) in [5.74, 6) is 0.966. The molecule has 0 aromatic heterocycles. The van der Waals surface area contributed by atoms with Gasteiger partial charge in [0, 0.05) is 0 Å². The molecule has 0 heterocycles. The van der Waals surface area contributed by atoms with E-state index in [2.05, 4.69) is 71.0 Å². The standard InChI is InChI=1S/C28H38N2.CH3.7ClH.2Ti/c1-20-12-10-13-21(2)27(20)29-24(5)26(19-9-8-18-25-16-6-7-17-25)30-28-22(3)14-11-15-23(28)4;;;;;;;;;;/h10-15,25H,6-9,16-19H2,1-5H3;1H3;7*1H;;/q;-1;;;;;;;;2*+4/p-7. The summed E-state index contributed by atoms with van der Waals surface area (Å²) in [6, 6.07) is 12.8. The Kier molecular flexibility index (Phi) is 22.5. The van der Waals surface area contributed by atoms with Crippen molar-refractivity contribution in [3.63, 3.8) is 0 Å². The van der Waals surface area contributed by atoms with E-state index >= 15 is 0 Å². The number of halogens is 7. The van der Waals surface area contributed by atoms with E-state index in [-0.39, 0.29) is 7.43 Å². The van der Waals surface area contributed by atoms with E-state index in [4.69, 9.17) is 75.1 Å². The van der Waals surface area contributed by atoms with E-state index < -0.39 is 27.0 Å². The summed E-state index contributed by atoms with van der Waals surface area (Å²) in [5, 5.41) is 0. The van der Waals surface area contributed by atoms with Crippen LogP contribution >= 0.6 is 65.1 Å². The molecule has 1 aliphatic rings. The second-order valence-electron chi connectivity index (χ2n) is 9.78. The van der Waals surface area contributed by atoms with Gasteiger partial charge >= 0.3 is 92.2 Å². The van der Waals surface area contributed by atoms with Gasteiger partial charge in [-0.05, 0) is 75.6 Å². The molecule has 0 saturated heterocycles. The summed E-state index contributed by atoms with van der Waals surface area (Å²) < 4.78 is 0. The Balaban J connectivity index is 0.00000133. The molecular formula is C29H41Cl7N2Ti2. The van der Waals surface area contributed by atoms with Crippen molar-refractivity contribution in [3.8, 4) is 0 Å². The van der Waals surface area contributed by atoms with Gasteiger partial charge in [0.1, 0.15) is 0 Å². The average Bonchev–Trinajstić information content (AvgIpc) is 3.32. The normalized spacial score (nSPS) is 14.0. The molecule has 0 radical (unpaired) electrons. The third kappa shape index (κ3) is 18.8. The van der Waals surface area contributed by atoms with Gasteiger partial charge in [0.25, 0.3) is 0 Å². The molecule has 0 bridgehead atoms. The van der Waals surface area contributed by atoms with E-state index in [1.165, 1.54) is 67.2 Å². The Hall–Kier alpha value is 1.24. The number of hydrogen-bond donors (Lipinski definition) is 0. The summed E-state index contributed by atoms with van der Waals surface area (Å²) >= 11 is -5.03. The van der Waals surface area contributed by atoms with E-state index in [0.717, 1.165) is 35.1 Å². The molecule has 1 fully saturated rings. The minimum atomic E-state index is -3.11. The molecule has 1 aliphatic carbocycles. The van der Waals surface area contributed by atoms with E-state index in [9.17, 15) is 0 Å². The maximum atomic E-state index is 5.17. The summed E-state index contributed by atoms with van der Waals surface area (Å²) in [7, 11) is 35.0. The third-order valence-corrected chi connectivity index (χ3v) is 6.57. The maximum absolute atomic E-state index is 5.17. The molecular weight excluding hydrogens is 720 g/mol. The third-order valence-electron chi connectivity index (χ3n) is 6.57. The first kappa shape index (κ1) is 41.2. The monoisotopic (exact) mass is 758 g/mol. The molecule has 0 N–H and O–H groups in total. The predicted octanol–water partition coefficient (Wildman–Crippen LogP) is 13.8. The molecule has 11 heteroatoms. The van der Waals surface area contributed by atoms with Crippen LogP contribution < -0.4 is 0 Å². The molecule has 1 saturated carbocycles. The molecule has 40 heavy (non-hydrogen) atoms. The molecule has 0 amide bonds. The number of nitrogens with zero attached hydrogens (tertiary/aromatic N) is 2. The van der Waals surface area contributed by atoms with Crippen LogP contribution in [0.5, 0.6) is 0 Å². The van der Waals surface area contributed by atoms with Crippen LogP contribution in [0.3, 0.4) is 0 Å². The summed E-state index contributed by atoms with van der Waals surface area (Å²) in [6.45, 7) is 10.7. The van der Waals surface area contributed by atoms with E-state index in [1.807, 2.05) is 0 Å². The SMILES string of the molecule is CC(=Nc1c(C)cccc1C)C(CCCCC1CCCC1)=Nc1c(C)cccc1C.[CH3-].[Cl][Ti+]([Cl])[Cl].[Cl][Ti]([Cl])([Cl])[Cl]. The van der Waals surface area contributed by atoms with Gasteiger partial charge in [0.05, 0.1) is 22.8 Å². The zero-order valence-electron chi connectivity index (χ0n) is 24.2. The van der Waals surface area contributed by atoms with Crippen molar-refractivity contribution in [2.24, 2.45) is 15.9 Å². The molecule has 2 aromatic carbocycles. The Morgan fingerprint density at radius 1 is 0.775 bits per heavy atom. The number of unbranched alkanes of at least 4 members (excludes halogenated alkanes) is 1. The summed E-state index contributed by atoms with van der Waals surface area (Å²) in [4.78, 5) is 10.2. The van der Waals surface area contributed by atoms with Crippen molar-refractivity contribution in [2.75, 3.05) is 0 Å². The Morgan fingerprint density at radius 3 is 1.55 bits per heavy atom. The average molecular weight is 762 g/mol. The van der Waals surface area contributed by atoms with Gasteiger partial charge in [-0.3, -0.25) is 9.98 Å². The second-order valence-corrected chi connectivity index (χ2v) is 33.0. The molecule has 224 valence electrons. The zero-order valence-corrected chi connectivity index (χ0v) is 32.7. The first-order valence-corrected chi connectivity index (χ1v) is 28.1. The van der Waals surface area contributed by atoms with Crippen molar-refractivity contribution >= 4 is 87.9 Å². The van der Waals surface area contributed by atoms with Gasteiger partial charge in [0.15, 0.2) is 0 Å². The molecule has 0 spiro atoms. The second kappa shape index (κ2) is 21.9. The van der Waals surface area contributed by atoms with Gasteiger partial charge in [-0.25, -0.2) is 0 Å². The summed E-state index contributed by atoms with van der Waals surface area (Å²) in [5.41, 5.74) is 9.31. The van der Waals surface area contributed by atoms with Crippen molar-refractivity contribution in [2.45, 2.75) is 86.0 Å². The fourth-order valence-electron chi connectivity index (χ4n) is 4.67. The molecule has 2 aromatic rings. The van der Waals surface area contributed by atoms with E-state index in [0.29, 0.717) is 0 Å². The fraction of sp³-hybridized carbons (Fsp3) is 0.483. The number of para-hydroxylation sites is 2. The first-order valence-electron chi connectivity index (χ1n) is 13.0. The number of aliphatic imine (C=N–C) groups is 2. The number of rotatable bonds is 8. The van der Waals surface area contributed by atoms with Gasteiger partial charge in [-0.1, -0.05) is 74.9 Å². The minimum absolute atomic E-state index is 0. The fourth-order valence-corrected chi connectivity index (χ4v) is 4.67.